The van der Waals surface area contributed by atoms with E-state index in [1.807, 2.05) is 6.26 Å². The molecule has 0 unspecified atom stereocenters. The molecule has 0 aromatic heterocycles. The fourth-order valence-corrected chi connectivity index (χ4v) is 2.98. The maximum Gasteiger partial charge on any atom is 0.240 e. The van der Waals surface area contributed by atoms with Crippen LogP contribution in [0.5, 0.6) is 0 Å². The van der Waals surface area contributed by atoms with Crippen molar-refractivity contribution >= 4 is 43.4 Å². The van der Waals surface area contributed by atoms with Gasteiger partial charge in [-0.3, -0.25) is 0 Å². The lowest BCUT2D eigenvalue weighted by Crippen LogP contribution is -2.25. The molecule has 0 saturated heterocycles. The fourth-order valence-electron chi connectivity index (χ4n) is 1.20. The Balaban J connectivity index is 2.72. The van der Waals surface area contributed by atoms with E-state index in [9.17, 15) is 8.42 Å². The number of nitrogens with two attached hydrogens (primary N) is 1. The number of rotatable bonds is 6. The van der Waals surface area contributed by atoms with Gasteiger partial charge in [-0.15, -0.1) is 0 Å². The molecule has 0 fully saturated rings. The Hall–Kier alpha value is -0.240. The van der Waals surface area contributed by atoms with Crippen LogP contribution in [0.1, 0.15) is 6.42 Å². The Morgan fingerprint density at radius 2 is 2.18 bits per heavy atom. The second-order valence-corrected chi connectivity index (χ2v) is 7.03. The van der Waals surface area contributed by atoms with Gasteiger partial charge in [-0.1, -0.05) is 0 Å². The Morgan fingerprint density at radius 3 is 2.76 bits per heavy atom. The molecule has 0 spiro atoms. The number of nitrogen functional groups attached to an aromatic ring is 1. The summed E-state index contributed by atoms with van der Waals surface area (Å²) in [7, 11) is -3.44. The molecule has 0 radical (unpaired) electrons. The molecule has 0 heterocycles. The lowest BCUT2D eigenvalue weighted by Gasteiger charge is -2.07. The third kappa shape index (κ3) is 4.50. The molecule has 0 saturated carbocycles. The molecule has 7 heteroatoms. The zero-order chi connectivity index (χ0) is 12.9. The number of anilines is 1. The summed E-state index contributed by atoms with van der Waals surface area (Å²) in [5.41, 5.74) is 6.07. The number of hydrogen-bond acceptors (Lipinski definition) is 4. The highest BCUT2D eigenvalue weighted by atomic mass is 79.9. The van der Waals surface area contributed by atoms with Gasteiger partial charge in [0.05, 0.1) is 4.90 Å². The van der Waals surface area contributed by atoms with Gasteiger partial charge in [0.2, 0.25) is 10.0 Å². The first-order chi connectivity index (χ1) is 7.97. The van der Waals surface area contributed by atoms with Crippen molar-refractivity contribution in [3.8, 4) is 0 Å². The van der Waals surface area contributed by atoms with E-state index in [1.165, 1.54) is 12.1 Å². The lowest BCUT2D eigenvalue weighted by atomic mass is 10.3. The second kappa shape index (κ2) is 6.63. The Kier molecular flexibility index (Phi) is 5.78. The maximum atomic E-state index is 11.9. The third-order valence-corrected chi connectivity index (χ3v) is 4.97. The van der Waals surface area contributed by atoms with E-state index in [4.69, 9.17) is 5.73 Å². The number of hydrogen-bond donors (Lipinski definition) is 2. The van der Waals surface area contributed by atoms with Gasteiger partial charge in [-0.05, 0) is 52.6 Å². The number of nitrogens with one attached hydrogen (secondary N) is 1. The minimum absolute atomic E-state index is 0.197. The van der Waals surface area contributed by atoms with Crippen molar-refractivity contribution in [2.24, 2.45) is 0 Å². The van der Waals surface area contributed by atoms with Gasteiger partial charge in [0.25, 0.3) is 0 Å². The number of benzene rings is 1. The molecule has 0 bridgehead atoms. The molecule has 1 rings (SSSR count). The standard InChI is InChI=1S/C10H15BrN2O2S2/c1-16-6-2-5-13-17(14,15)8-3-4-9(11)10(12)7-8/h3-4,7,13H,2,5-6,12H2,1H3. The first-order valence-electron chi connectivity index (χ1n) is 5.01. The summed E-state index contributed by atoms with van der Waals surface area (Å²) in [6.07, 6.45) is 2.80. The summed E-state index contributed by atoms with van der Waals surface area (Å²) in [6, 6.07) is 4.60. The van der Waals surface area contributed by atoms with Crippen LogP contribution in [0.4, 0.5) is 5.69 Å². The monoisotopic (exact) mass is 338 g/mol. The minimum atomic E-state index is -3.44. The summed E-state index contributed by atoms with van der Waals surface area (Å²) in [4.78, 5) is 0.197. The smallest absolute Gasteiger partial charge is 0.240 e. The normalized spacial score (nSPS) is 11.6. The Labute approximate surface area is 115 Å². The molecule has 0 aliphatic rings. The molecule has 4 nitrogen and oxygen atoms in total. The molecule has 0 aliphatic carbocycles. The van der Waals surface area contributed by atoms with E-state index in [-0.39, 0.29) is 4.90 Å². The van der Waals surface area contributed by atoms with Gasteiger partial charge in [0, 0.05) is 16.7 Å². The molecule has 17 heavy (non-hydrogen) atoms. The highest BCUT2D eigenvalue weighted by Crippen LogP contribution is 2.22. The average molecular weight is 339 g/mol. The lowest BCUT2D eigenvalue weighted by molar-refractivity contribution is 0.581. The zero-order valence-electron chi connectivity index (χ0n) is 9.44. The van der Waals surface area contributed by atoms with Crippen molar-refractivity contribution in [2.45, 2.75) is 11.3 Å². The highest BCUT2D eigenvalue weighted by molar-refractivity contribution is 9.10. The van der Waals surface area contributed by atoms with Crippen LogP contribution in [0.15, 0.2) is 27.6 Å². The highest BCUT2D eigenvalue weighted by Gasteiger charge is 2.14. The van der Waals surface area contributed by atoms with Crippen molar-refractivity contribution in [3.63, 3.8) is 0 Å². The molecule has 0 atom stereocenters. The van der Waals surface area contributed by atoms with Crippen LogP contribution < -0.4 is 10.5 Å². The number of halogens is 1. The summed E-state index contributed by atoms with van der Waals surface area (Å²) in [5, 5.41) is 0. The van der Waals surface area contributed by atoms with E-state index in [1.54, 1.807) is 17.8 Å². The second-order valence-electron chi connectivity index (χ2n) is 3.43. The number of thioether (sulfide) groups is 1. The van der Waals surface area contributed by atoms with Gasteiger partial charge in [-0.2, -0.15) is 11.8 Å². The van der Waals surface area contributed by atoms with Crippen LogP contribution in [-0.2, 0) is 10.0 Å². The van der Waals surface area contributed by atoms with Crippen LogP contribution in [0.3, 0.4) is 0 Å². The summed E-state index contributed by atoms with van der Waals surface area (Å²) >= 11 is 4.92. The molecule has 96 valence electrons. The van der Waals surface area contributed by atoms with Crippen molar-refractivity contribution in [1.82, 2.24) is 4.72 Å². The summed E-state index contributed by atoms with van der Waals surface area (Å²) < 4.78 is 27.0. The predicted molar refractivity (Wildman–Crippen MR) is 76.7 cm³/mol. The van der Waals surface area contributed by atoms with Crippen LogP contribution in [0.2, 0.25) is 0 Å². The van der Waals surface area contributed by atoms with E-state index >= 15 is 0 Å². The van der Waals surface area contributed by atoms with E-state index < -0.39 is 10.0 Å². The van der Waals surface area contributed by atoms with Crippen LogP contribution >= 0.6 is 27.7 Å². The van der Waals surface area contributed by atoms with Crippen LogP contribution in [0.25, 0.3) is 0 Å². The molecule has 1 aromatic carbocycles. The predicted octanol–water partition coefficient (Wildman–Crippen LogP) is 2.06. The topological polar surface area (TPSA) is 72.2 Å². The van der Waals surface area contributed by atoms with Gasteiger partial charge < -0.3 is 5.73 Å². The first kappa shape index (κ1) is 14.8. The van der Waals surface area contributed by atoms with Crippen molar-refractivity contribution in [2.75, 3.05) is 24.3 Å². The van der Waals surface area contributed by atoms with Crippen molar-refractivity contribution in [3.05, 3.63) is 22.7 Å². The SMILES string of the molecule is CSCCCNS(=O)(=O)c1ccc(Br)c(N)c1. The molecular weight excluding hydrogens is 324 g/mol. The van der Waals surface area contributed by atoms with E-state index in [0.717, 1.165) is 12.2 Å². The van der Waals surface area contributed by atoms with Gasteiger partial charge in [0.15, 0.2) is 0 Å². The summed E-state index contributed by atoms with van der Waals surface area (Å²) in [5.74, 6) is 0.936. The quantitative estimate of drug-likeness (QED) is 0.615. The largest absolute Gasteiger partial charge is 0.398 e. The first-order valence-corrected chi connectivity index (χ1v) is 8.68. The van der Waals surface area contributed by atoms with E-state index in [2.05, 4.69) is 20.7 Å². The number of sulfonamides is 1. The average Bonchev–Trinajstić information content (AvgIpc) is 2.28. The molecule has 1 aromatic rings. The zero-order valence-corrected chi connectivity index (χ0v) is 12.7. The van der Waals surface area contributed by atoms with Gasteiger partial charge >= 0.3 is 0 Å². The molecule has 0 aliphatic heterocycles. The van der Waals surface area contributed by atoms with Gasteiger partial charge in [0.1, 0.15) is 0 Å². The summed E-state index contributed by atoms with van der Waals surface area (Å²) in [6.45, 7) is 0.444. The fraction of sp³-hybridized carbons (Fsp3) is 0.400. The molecule has 3 N–H and O–H groups in total. The molecule has 0 amide bonds. The minimum Gasteiger partial charge on any atom is -0.398 e. The molecular formula is C10H15BrN2O2S2. The maximum absolute atomic E-state index is 11.9. The van der Waals surface area contributed by atoms with Crippen LogP contribution in [0, 0.1) is 0 Å². The Morgan fingerprint density at radius 1 is 1.47 bits per heavy atom. The third-order valence-electron chi connectivity index (χ3n) is 2.10. The van der Waals surface area contributed by atoms with Gasteiger partial charge in [-0.25, -0.2) is 13.1 Å². The van der Waals surface area contributed by atoms with E-state index in [0.29, 0.717) is 16.7 Å². The van der Waals surface area contributed by atoms with Crippen molar-refractivity contribution in [1.29, 1.82) is 0 Å². The van der Waals surface area contributed by atoms with Crippen LogP contribution in [-0.4, -0.2) is 27.0 Å². The van der Waals surface area contributed by atoms with Crippen molar-refractivity contribution < 1.29 is 8.42 Å². The Bertz CT molecular complexity index is 477.